The standard InChI is InChI=1S/C13H14N2O3/c1-8-12(13(17)14-7-11(16)18-2)9-5-3-4-6-10(9)15-8/h3-6,15H,7H2,1-2H3,(H,14,17). The van der Waals surface area contributed by atoms with Crippen LogP contribution in [0.3, 0.4) is 0 Å². The third kappa shape index (κ3) is 2.20. The first-order valence-corrected chi connectivity index (χ1v) is 5.56. The van der Waals surface area contributed by atoms with E-state index in [0.29, 0.717) is 5.56 Å². The van der Waals surface area contributed by atoms with Crippen molar-refractivity contribution in [3.63, 3.8) is 0 Å². The molecule has 0 radical (unpaired) electrons. The number of para-hydroxylation sites is 1. The summed E-state index contributed by atoms with van der Waals surface area (Å²) in [5.41, 5.74) is 2.24. The quantitative estimate of drug-likeness (QED) is 0.804. The molecule has 2 rings (SSSR count). The maximum absolute atomic E-state index is 12.0. The Morgan fingerprint density at radius 2 is 2.06 bits per heavy atom. The highest BCUT2D eigenvalue weighted by molar-refractivity contribution is 6.08. The first-order chi connectivity index (χ1) is 8.63. The molecule has 1 amide bonds. The highest BCUT2D eigenvalue weighted by atomic mass is 16.5. The van der Waals surface area contributed by atoms with E-state index in [4.69, 9.17) is 0 Å². The normalized spacial score (nSPS) is 10.3. The number of aryl methyl sites for hydroxylation is 1. The number of hydrogen-bond donors (Lipinski definition) is 2. The summed E-state index contributed by atoms with van der Waals surface area (Å²) < 4.78 is 4.47. The van der Waals surface area contributed by atoms with Gasteiger partial charge in [0.1, 0.15) is 6.54 Å². The summed E-state index contributed by atoms with van der Waals surface area (Å²) in [7, 11) is 1.28. The monoisotopic (exact) mass is 246 g/mol. The second kappa shape index (κ2) is 4.91. The predicted octanol–water partition coefficient (Wildman–Crippen LogP) is 1.38. The molecule has 0 fully saturated rings. The molecule has 0 unspecified atom stereocenters. The molecule has 0 aliphatic rings. The van der Waals surface area contributed by atoms with Gasteiger partial charge in [-0.1, -0.05) is 18.2 Å². The highest BCUT2D eigenvalue weighted by Gasteiger charge is 2.16. The van der Waals surface area contributed by atoms with Gasteiger partial charge in [-0.25, -0.2) is 0 Å². The van der Waals surface area contributed by atoms with Crippen molar-refractivity contribution in [2.45, 2.75) is 6.92 Å². The van der Waals surface area contributed by atoms with E-state index in [2.05, 4.69) is 15.0 Å². The Morgan fingerprint density at radius 3 is 2.78 bits per heavy atom. The van der Waals surface area contributed by atoms with Crippen LogP contribution in [-0.4, -0.2) is 30.5 Å². The second-order valence-corrected chi connectivity index (χ2v) is 3.93. The Kier molecular flexibility index (Phi) is 3.32. The van der Waals surface area contributed by atoms with Gasteiger partial charge in [0.05, 0.1) is 12.7 Å². The molecule has 5 nitrogen and oxygen atoms in total. The number of hydrogen-bond acceptors (Lipinski definition) is 3. The number of rotatable bonds is 3. The van der Waals surface area contributed by atoms with Gasteiger partial charge in [0.15, 0.2) is 0 Å². The van der Waals surface area contributed by atoms with E-state index >= 15 is 0 Å². The molecule has 0 aliphatic heterocycles. The zero-order valence-electron chi connectivity index (χ0n) is 10.2. The zero-order chi connectivity index (χ0) is 13.1. The van der Waals surface area contributed by atoms with Crippen molar-refractivity contribution in [2.24, 2.45) is 0 Å². The first kappa shape index (κ1) is 12.2. The molecule has 0 aliphatic carbocycles. The number of amides is 1. The van der Waals surface area contributed by atoms with Gasteiger partial charge in [-0.05, 0) is 13.0 Å². The average molecular weight is 246 g/mol. The largest absolute Gasteiger partial charge is 0.468 e. The number of nitrogens with one attached hydrogen (secondary N) is 2. The van der Waals surface area contributed by atoms with Crippen LogP contribution in [0.1, 0.15) is 16.1 Å². The van der Waals surface area contributed by atoms with Crippen LogP contribution in [0.25, 0.3) is 10.9 Å². The summed E-state index contributed by atoms with van der Waals surface area (Å²) >= 11 is 0. The number of esters is 1. The van der Waals surface area contributed by atoms with Crippen molar-refractivity contribution in [2.75, 3.05) is 13.7 Å². The summed E-state index contributed by atoms with van der Waals surface area (Å²) in [4.78, 5) is 26.1. The lowest BCUT2D eigenvalue weighted by Crippen LogP contribution is -2.30. The van der Waals surface area contributed by atoms with Gasteiger partial charge in [0.2, 0.25) is 0 Å². The third-order valence-corrected chi connectivity index (χ3v) is 2.74. The molecule has 18 heavy (non-hydrogen) atoms. The number of ether oxygens (including phenoxy) is 1. The number of methoxy groups -OCH3 is 1. The SMILES string of the molecule is COC(=O)CNC(=O)c1c(C)[nH]c2ccccc12. The van der Waals surface area contributed by atoms with Gasteiger partial charge in [-0.15, -0.1) is 0 Å². The fraction of sp³-hybridized carbons (Fsp3) is 0.231. The van der Waals surface area contributed by atoms with Crippen LogP contribution in [0.5, 0.6) is 0 Å². The Balaban J connectivity index is 2.27. The minimum Gasteiger partial charge on any atom is -0.468 e. The van der Waals surface area contributed by atoms with E-state index in [1.807, 2.05) is 31.2 Å². The summed E-state index contributed by atoms with van der Waals surface area (Å²) in [5, 5.41) is 3.38. The number of aromatic amines is 1. The van der Waals surface area contributed by atoms with Crippen LogP contribution in [-0.2, 0) is 9.53 Å². The number of carbonyl (C=O) groups is 2. The number of carbonyl (C=O) groups excluding carboxylic acids is 2. The van der Waals surface area contributed by atoms with Crippen LogP contribution in [0, 0.1) is 6.92 Å². The van der Waals surface area contributed by atoms with Gasteiger partial charge in [-0.3, -0.25) is 9.59 Å². The predicted molar refractivity (Wildman–Crippen MR) is 67.4 cm³/mol. The van der Waals surface area contributed by atoms with E-state index < -0.39 is 5.97 Å². The topological polar surface area (TPSA) is 71.2 Å². The molecular weight excluding hydrogens is 232 g/mol. The lowest BCUT2D eigenvalue weighted by molar-refractivity contribution is -0.139. The zero-order valence-corrected chi connectivity index (χ0v) is 10.2. The van der Waals surface area contributed by atoms with Crippen molar-refractivity contribution in [3.8, 4) is 0 Å². The van der Waals surface area contributed by atoms with Crippen molar-refractivity contribution >= 4 is 22.8 Å². The second-order valence-electron chi connectivity index (χ2n) is 3.93. The summed E-state index contributed by atoms with van der Waals surface area (Å²) in [6, 6.07) is 7.53. The molecule has 0 saturated carbocycles. The molecule has 0 bridgehead atoms. The van der Waals surface area contributed by atoms with Crippen LogP contribution in [0.15, 0.2) is 24.3 Å². The molecule has 0 atom stereocenters. The Morgan fingerprint density at radius 1 is 1.33 bits per heavy atom. The van der Waals surface area contributed by atoms with Crippen molar-refractivity contribution in [1.82, 2.24) is 10.3 Å². The lowest BCUT2D eigenvalue weighted by Gasteiger charge is -2.03. The Bertz CT molecular complexity index is 601. The highest BCUT2D eigenvalue weighted by Crippen LogP contribution is 2.21. The van der Waals surface area contributed by atoms with Gasteiger partial charge < -0.3 is 15.0 Å². The molecule has 1 aromatic heterocycles. The molecule has 1 heterocycles. The Labute approximate surface area is 104 Å². The van der Waals surface area contributed by atoms with Gasteiger partial charge in [0, 0.05) is 16.6 Å². The van der Waals surface area contributed by atoms with Gasteiger partial charge in [0.25, 0.3) is 5.91 Å². The van der Waals surface area contributed by atoms with Crippen LogP contribution in [0.2, 0.25) is 0 Å². The fourth-order valence-electron chi connectivity index (χ4n) is 1.88. The number of fused-ring (bicyclic) bond motifs is 1. The Hall–Kier alpha value is -2.30. The molecule has 2 aromatic rings. The van der Waals surface area contributed by atoms with E-state index in [1.165, 1.54) is 7.11 Å². The van der Waals surface area contributed by atoms with Crippen molar-refractivity contribution in [1.29, 1.82) is 0 Å². The van der Waals surface area contributed by atoms with Gasteiger partial charge in [-0.2, -0.15) is 0 Å². The van der Waals surface area contributed by atoms with Crippen molar-refractivity contribution < 1.29 is 14.3 Å². The van der Waals surface area contributed by atoms with Gasteiger partial charge >= 0.3 is 5.97 Å². The van der Waals surface area contributed by atoms with E-state index in [1.54, 1.807) is 0 Å². The van der Waals surface area contributed by atoms with Crippen LogP contribution >= 0.6 is 0 Å². The first-order valence-electron chi connectivity index (χ1n) is 5.56. The minimum atomic E-state index is -0.471. The minimum absolute atomic E-state index is 0.131. The van der Waals surface area contributed by atoms with Crippen LogP contribution < -0.4 is 5.32 Å². The van der Waals surface area contributed by atoms with E-state index in [0.717, 1.165) is 16.6 Å². The molecule has 1 aromatic carbocycles. The number of aromatic nitrogens is 1. The molecule has 94 valence electrons. The number of benzene rings is 1. The fourth-order valence-corrected chi connectivity index (χ4v) is 1.88. The summed E-state index contributed by atoms with van der Waals surface area (Å²) in [6.07, 6.45) is 0. The summed E-state index contributed by atoms with van der Waals surface area (Å²) in [6.45, 7) is 1.70. The van der Waals surface area contributed by atoms with Crippen molar-refractivity contribution in [3.05, 3.63) is 35.5 Å². The maximum Gasteiger partial charge on any atom is 0.325 e. The van der Waals surface area contributed by atoms with E-state index in [-0.39, 0.29) is 12.5 Å². The third-order valence-electron chi connectivity index (χ3n) is 2.74. The molecular formula is C13H14N2O3. The lowest BCUT2D eigenvalue weighted by atomic mass is 10.1. The smallest absolute Gasteiger partial charge is 0.325 e. The molecule has 5 heteroatoms. The maximum atomic E-state index is 12.0. The number of H-pyrrole nitrogens is 1. The molecule has 2 N–H and O–H groups in total. The summed E-state index contributed by atoms with van der Waals surface area (Å²) in [5.74, 6) is -0.754. The van der Waals surface area contributed by atoms with E-state index in [9.17, 15) is 9.59 Å². The van der Waals surface area contributed by atoms with Crippen LogP contribution in [0.4, 0.5) is 0 Å². The molecule has 0 spiro atoms. The molecule has 0 saturated heterocycles. The average Bonchev–Trinajstić information content (AvgIpc) is 2.71.